The highest BCUT2D eigenvalue weighted by atomic mass is 32.1. The van der Waals surface area contributed by atoms with Crippen LogP contribution in [0, 0.1) is 6.92 Å². The van der Waals surface area contributed by atoms with E-state index in [4.69, 9.17) is 5.11 Å². The summed E-state index contributed by atoms with van der Waals surface area (Å²) < 4.78 is 1.75. The van der Waals surface area contributed by atoms with Crippen LogP contribution in [0.2, 0.25) is 0 Å². The van der Waals surface area contributed by atoms with Crippen molar-refractivity contribution in [2.45, 2.75) is 6.92 Å². The number of hydrogen-bond donors (Lipinski definition) is 2. The van der Waals surface area contributed by atoms with E-state index in [9.17, 15) is 0 Å². The van der Waals surface area contributed by atoms with Gasteiger partial charge >= 0.3 is 0 Å². The van der Waals surface area contributed by atoms with E-state index in [1.807, 2.05) is 31.2 Å². The lowest BCUT2D eigenvalue weighted by atomic mass is 10.2. The number of aromatic nitrogens is 4. The van der Waals surface area contributed by atoms with Crippen molar-refractivity contribution in [1.29, 1.82) is 0 Å². The number of nitrogens with one attached hydrogen (secondary N) is 1. The number of anilines is 1. The number of rotatable bonds is 4. The SMILES string of the molecule is Cc1nnc2sc(-c3ccc(NCCO)cc3)nn12. The fourth-order valence-corrected chi connectivity index (χ4v) is 2.65. The molecular weight excluding hydrogens is 262 g/mol. The average Bonchev–Trinajstić information content (AvgIpc) is 3.00. The zero-order valence-corrected chi connectivity index (χ0v) is 11.2. The second kappa shape index (κ2) is 4.94. The normalized spacial score (nSPS) is 11.1. The summed E-state index contributed by atoms with van der Waals surface area (Å²) in [5.41, 5.74) is 2.03. The first-order valence-electron chi connectivity index (χ1n) is 5.92. The van der Waals surface area contributed by atoms with Crippen LogP contribution < -0.4 is 5.32 Å². The molecule has 0 saturated carbocycles. The first-order valence-corrected chi connectivity index (χ1v) is 6.73. The predicted octanol–water partition coefficient (Wildman–Crippen LogP) is 1.57. The summed E-state index contributed by atoms with van der Waals surface area (Å²) in [5, 5.41) is 25.3. The van der Waals surface area contributed by atoms with Crippen LogP contribution in [0.4, 0.5) is 5.69 Å². The summed E-state index contributed by atoms with van der Waals surface area (Å²) in [5.74, 6) is 0.790. The molecular formula is C12H13N5OS. The summed E-state index contributed by atoms with van der Waals surface area (Å²) in [6.07, 6.45) is 0. The molecule has 0 spiro atoms. The molecule has 0 saturated heterocycles. The Morgan fingerprint density at radius 3 is 2.74 bits per heavy atom. The summed E-state index contributed by atoms with van der Waals surface area (Å²) in [6, 6.07) is 7.95. The van der Waals surface area contributed by atoms with Gasteiger partial charge in [0.15, 0.2) is 5.82 Å². The number of benzene rings is 1. The smallest absolute Gasteiger partial charge is 0.234 e. The Hall–Kier alpha value is -1.99. The third kappa shape index (κ3) is 2.29. The average molecular weight is 275 g/mol. The van der Waals surface area contributed by atoms with E-state index in [1.165, 1.54) is 11.3 Å². The first kappa shape index (κ1) is 12.1. The molecule has 2 N–H and O–H groups in total. The van der Waals surface area contributed by atoms with Crippen molar-refractivity contribution in [3.05, 3.63) is 30.1 Å². The lowest BCUT2D eigenvalue weighted by Crippen LogP contribution is -2.04. The van der Waals surface area contributed by atoms with Crippen molar-refractivity contribution >= 4 is 22.0 Å². The van der Waals surface area contributed by atoms with Gasteiger partial charge in [0.2, 0.25) is 4.96 Å². The maximum absolute atomic E-state index is 8.76. The van der Waals surface area contributed by atoms with Gasteiger partial charge in [-0.2, -0.15) is 9.61 Å². The minimum Gasteiger partial charge on any atom is -0.395 e. The van der Waals surface area contributed by atoms with Gasteiger partial charge in [-0.05, 0) is 31.2 Å². The molecule has 2 heterocycles. The molecule has 0 unspecified atom stereocenters. The maximum atomic E-state index is 8.76. The number of fused-ring (bicyclic) bond motifs is 1. The molecule has 1 aromatic carbocycles. The monoisotopic (exact) mass is 275 g/mol. The van der Waals surface area contributed by atoms with Crippen molar-refractivity contribution < 1.29 is 5.11 Å². The molecule has 3 aromatic rings. The topological polar surface area (TPSA) is 75.3 Å². The summed E-state index contributed by atoms with van der Waals surface area (Å²) in [6.45, 7) is 2.55. The van der Waals surface area contributed by atoms with E-state index < -0.39 is 0 Å². The molecule has 19 heavy (non-hydrogen) atoms. The van der Waals surface area contributed by atoms with Crippen LogP contribution in [-0.4, -0.2) is 38.1 Å². The number of nitrogens with zero attached hydrogens (tertiary/aromatic N) is 4. The molecule has 0 aliphatic heterocycles. The molecule has 98 valence electrons. The fourth-order valence-electron chi connectivity index (χ4n) is 1.76. The molecule has 7 heteroatoms. The van der Waals surface area contributed by atoms with Gasteiger partial charge in [-0.3, -0.25) is 0 Å². The van der Waals surface area contributed by atoms with E-state index in [-0.39, 0.29) is 6.61 Å². The van der Waals surface area contributed by atoms with Gasteiger partial charge in [0.1, 0.15) is 5.01 Å². The fraction of sp³-hybridized carbons (Fsp3) is 0.250. The highest BCUT2D eigenvalue weighted by Gasteiger charge is 2.09. The van der Waals surface area contributed by atoms with Crippen LogP contribution in [0.25, 0.3) is 15.5 Å². The first-order chi connectivity index (χ1) is 9.28. The Labute approximate surface area is 113 Å². The van der Waals surface area contributed by atoms with Gasteiger partial charge in [-0.25, -0.2) is 0 Å². The van der Waals surface area contributed by atoms with E-state index in [0.717, 1.165) is 27.0 Å². The van der Waals surface area contributed by atoms with Crippen molar-refractivity contribution in [2.24, 2.45) is 0 Å². The predicted molar refractivity (Wildman–Crippen MR) is 74.4 cm³/mol. The Bertz CT molecular complexity index is 688. The van der Waals surface area contributed by atoms with Crippen LogP contribution in [0.1, 0.15) is 5.82 Å². The summed E-state index contributed by atoms with van der Waals surface area (Å²) in [4.78, 5) is 0.801. The largest absolute Gasteiger partial charge is 0.395 e. The molecule has 0 bridgehead atoms. The van der Waals surface area contributed by atoms with Crippen LogP contribution in [-0.2, 0) is 0 Å². The van der Waals surface area contributed by atoms with Crippen molar-refractivity contribution in [1.82, 2.24) is 19.8 Å². The standard InChI is InChI=1S/C12H13N5OS/c1-8-14-15-12-17(8)16-11(19-12)9-2-4-10(5-3-9)13-6-7-18/h2-5,13,18H,6-7H2,1H3. The van der Waals surface area contributed by atoms with Gasteiger partial charge in [-0.1, -0.05) is 11.3 Å². The molecule has 0 atom stereocenters. The van der Waals surface area contributed by atoms with Crippen LogP contribution in [0.3, 0.4) is 0 Å². The van der Waals surface area contributed by atoms with Gasteiger partial charge in [-0.15, -0.1) is 10.2 Å². The van der Waals surface area contributed by atoms with E-state index in [0.29, 0.717) is 6.54 Å². The Morgan fingerprint density at radius 2 is 2.05 bits per heavy atom. The quantitative estimate of drug-likeness (QED) is 0.756. The van der Waals surface area contributed by atoms with Gasteiger partial charge in [0.05, 0.1) is 6.61 Å². The molecule has 0 aliphatic rings. The maximum Gasteiger partial charge on any atom is 0.234 e. The van der Waals surface area contributed by atoms with Gasteiger partial charge in [0, 0.05) is 17.8 Å². The third-order valence-corrected chi connectivity index (χ3v) is 3.67. The van der Waals surface area contributed by atoms with Gasteiger partial charge < -0.3 is 10.4 Å². The van der Waals surface area contributed by atoms with E-state index in [2.05, 4.69) is 20.6 Å². The lowest BCUT2D eigenvalue weighted by molar-refractivity contribution is 0.311. The number of aliphatic hydroxyl groups excluding tert-OH is 1. The molecule has 0 amide bonds. The van der Waals surface area contributed by atoms with E-state index >= 15 is 0 Å². The second-order valence-electron chi connectivity index (χ2n) is 4.08. The van der Waals surface area contributed by atoms with Crippen molar-refractivity contribution in [3.63, 3.8) is 0 Å². The number of hydrogen-bond acceptors (Lipinski definition) is 6. The number of aryl methyl sites for hydroxylation is 1. The Balaban J connectivity index is 1.88. The van der Waals surface area contributed by atoms with Crippen LogP contribution >= 0.6 is 11.3 Å². The minimum absolute atomic E-state index is 0.123. The van der Waals surface area contributed by atoms with Gasteiger partial charge in [0.25, 0.3) is 0 Å². The second-order valence-corrected chi connectivity index (χ2v) is 5.03. The minimum atomic E-state index is 0.123. The Morgan fingerprint density at radius 1 is 1.26 bits per heavy atom. The molecule has 3 rings (SSSR count). The Kier molecular flexibility index (Phi) is 3.14. The van der Waals surface area contributed by atoms with Crippen LogP contribution in [0.5, 0.6) is 0 Å². The van der Waals surface area contributed by atoms with Crippen LogP contribution in [0.15, 0.2) is 24.3 Å². The third-order valence-electron chi connectivity index (χ3n) is 2.72. The molecule has 0 aliphatic carbocycles. The zero-order valence-electron chi connectivity index (χ0n) is 10.4. The molecule has 6 nitrogen and oxygen atoms in total. The number of aliphatic hydroxyl groups is 1. The van der Waals surface area contributed by atoms with Crippen molar-refractivity contribution in [2.75, 3.05) is 18.5 Å². The van der Waals surface area contributed by atoms with E-state index in [1.54, 1.807) is 4.52 Å². The lowest BCUT2D eigenvalue weighted by Gasteiger charge is -2.04. The molecule has 0 radical (unpaired) electrons. The highest BCUT2D eigenvalue weighted by molar-refractivity contribution is 7.19. The molecule has 0 fully saturated rings. The highest BCUT2D eigenvalue weighted by Crippen LogP contribution is 2.26. The molecule has 2 aromatic heterocycles. The summed E-state index contributed by atoms with van der Waals surface area (Å²) in [7, 11) is 0. The summed E-state index contributed by atoms with van der Waals surface area (Å²) >= 11 is 1.51. The van der Waals surface area contributed by atoms with Crippen molar-refractivity contribution in [3.8, 4) is 10.6 Å². The zero-order chi connectivity index (χ0) is 13.2.